The van der Waals surface area contributed by atoms with Crippen LogP contribution in [0.25, 0.3) is 6.08 Å². The molecule has 4 nitrogen and oxygen atoms in total. The van der Waals surface area contributed by atoms with Gasteiger partial charge in [0.1, 0.15) is 0 Å². The van der Waals surface area contributed by atoms with Crippen molar-refractivity contribution in [2.45, 2.75) is 58.3 Å². The summed E-state index contributed by atoms with van der Waals surface area (Å²) in [4.78, 5) is 2.53. The largest absolute Gasteiger partial charge is 0.491 e. The fraction of sp³-hybridized carbons (Fsp3) is 0.619. The second-order valence-corrected chi connectivity index (χ2v) is 8.57. The van der Waals surface area contributed by atoms with Gasteiger partial charge < -0.3 is 14.6 Å². The lowest BCUT2D eigenvalue weighted by atomic mass is 9.77. The predicted octanol–water partition coefficient (Wildman–Crippen LogP) is 3.52. The van der Waals surface area contributed by atoms with Crippen LogP contribution < -0.4 is 5.32 Å². The molecule has 142 valence electrons. The van der Waals surface area contributed by atoms with Gasteiger partial charge in [0.05, 0.1) is 11.2 Å². The van der Waals surface area contributed by atoms with Crippen molar-refractivity contribution in [1.82, 2.24) is 10.2 Å². The summed E-state index contributed by atoms with van der Waals surface area (Å²) in [7, 11) is 1.65. The number of nitrogens with zero attached hydrogens (tertiary/aromatic N) is 1. The highest BCUT2D eigenvalue weighted by atomic mass is 16.7. The Morgan fingerprint density at radius 1 is 1.15 bits per heavy atom. The molecule has 2 aliphatic rings. The van der Waals surface area contributed by atoms with Crippen LogP contribution in [-0.2, 0) is 15.9 Å². The summed E-state index contributed by atoms with van der Waals surface area (Å²) in [5.74, 6) is 0. The molecule has 0 radical (unpaired) electrons. The number of nitrogens with one attached hydrogen (secondary N) is 1. The minimum absolute atomic E-state index is 0.310. The average molecular weight is 356 g/mol. The molecule has 26 heavy (non-hydrogen) atoms. The number of likely N-dealkylation sites (N-methyl/N-ethyl adjacent to an activating group) is 1. The summed E-state index contributed by atoms with van der Waals surface area (Å²) in [5.41, 5.74) is 3.08. The summed E-state index contributed by atoms with van der Waals surface area (Å²) in [5, 5.41) is 3.26. The molecule has 0 bridgehead atoms. The Bertz CT molecular complexity index is 635. The van der Waals surface area contributed by atoms with Crippen molar-refractivity contribution in [2.75, 3.05) is 26.7 Å². The summed E-state index contributed by atoms with van der Waals surface area (Å²) in [6.45, 7) is 12.6. The van der Waals surface area contributed by atoms with E-state index in [-0.39, 0.29) is 18.3 Å². The van der Waals surface area contributed by atoms with E-state index in [9.17, 15) is 0 Å². The van der Waals surface area contributed by atoms with E-state index in [1.165, 1.54) is 37.1 Å². The Hall–Kier alpha value is -1.14. The Balaban J connectivity index is 1.78. The van der Waals surface area contributed by atoms with Gasteiger partial charge in [-0.15, -0.1) is 0 Å². The SMILES string of the molecule is CNCC(=Cc1cccc(CN2CCCC2)c1)B1OC(C)(C)C(C)(C)O1. The van der Waals surface area contributed by atoms with Crippen LogP contribution in [-0.4, -0.2) is 49.9 Å². The first-order chi connectivity index (χ1) is 12.3. The quantitative estimate of drug-likeness (QED) is 0.791. The molecule has 3 rings (SSSR count). The van der Waals surface area contributed by atoms with E-state index in [1.54, 1.807) is 0 Å². The molecular weight excluding hydrogens is 323 g/mol. The fourth-order valence-electron chi connectivity index (χ4n) is 3.60. The van der Waals surface area contributed by atoms with Crippen LogP contribution in [0.2, 0.25) is 0 Å². The van der Waals surface area contributed by atoms with Crippen molar-refractivity contribution in [3.05, 3.63) is 40.9 Å². The van der Waals surface area contributed by atoms with Crippen molar-refractivity contribution < 1.29 is 9.31 Å². The molecule has 0 atom stereocenters. The molecule has 0 spiro atoms. The molecule has 0 aromatic heterocycles. The number of hydrogen-bond donors (Lipinski definition) is 1. The lowest BCUT2D eigenvalue weighted by Gasteiger charge is -2.32. The van der Waals surface area contributed by atoms with Gasteiger partial charge in [0, 0.05) is 13.1 Å². The van der Waals surface area contributed by atoms with E-state index < -0.39 is 0 Å². The van der Waals surface area contributed by atoms with E-state index >= 15 is 0 Å². The summed E-state index contributed by atoms with van der Waals surface area (Å²) in [6, 6.07) is 8.83. The van der Waals surface area contributed by atoms with Crippen LogP contribution in [0.1, 0.15) is 51.7 Å². The fourth-order valence-corrected chi connectivity index (χ4v) is 3.60. The van der Waals surface area contributed by atoms with Crippen LogP contribution >= 0.6 is 0 Å². The monoisotopic (exact) mass is 356 g/mol. The van der Waals surface area contributed by atoms with Gasteiger partial charge in [-0.25, -0.2) is 0 Å². The van der Waals surface area contributed by atoms with Gasteiger partial charge in [-0.2, -0.15) is 0 Å². The first-order valence-corrected chi connectivity index (χ1v) is 9.83. The molecule has 0 unspecified atom stereocenters. The molecule has 2 fully saturated rings. The topological polar surface area (TPSA) is 33.7 Å². The molecule has 0 amide bonds. The standard InChI is InChI=1S/C21H33BN2O2/c1-20(2)21(3,4)26-22(25-20)19(15-23-5)14-17-9-8-10-18(13-17)16-24-11-6-7-12-24/h8-10,13-14,23H,6-7,11-12,15-16H2,1-5H3. The molecule has 0 aliphatic carbocycles. The van der Waals surface area contributed by atoms with Crippen molar-refractivity contribution in [1.29, 1.82) is 0 Å². The minimum Gasteiger partial charge on any atom is -0.400 e. The first kappa shape index (κ1) is 19.6. The Morgan fingerprint density at radius 2 is 1.81 bits per heavy atom. The zero-order valence-corrected chi connectivity index (χ0v) is 17.0. The van der Waals surface area contributed by atoms with Gasteiger partial charge in [0.2, 0.25) is 0 Å². The maximum Gasteiger partial charge on any atom is 0.491 e. The molecule has 2 saturated heterocycles. The first-order valence-electron chi connectivity index (χ1n) is 9.83. The van der Waals surface area contributed by atoms with E-state index in [1.807, 2.05) is 7.05 Å². The van der Waals surface area contributed by atoms with Crippen LogP contribution in [0.5, 0.6) is 0 Å². The van der Waals surface area contributed by atoms with Gasteiger partial charge >= 0.3 is 7.12 Å². The molecular formula is C21H33BN2O2. The second-order valence-electron chi connectivity index (χ2n) is 8.57. The molecule has 1 aromatic carbocycles. The van der Waals surface area contributed by atoms with Crippen LogP contribution in [0.15, 0.2) is 29.7 Å². The molecule has 2 aliphatic heterocycles. The van der Waals surface area contributed by atoms with Gasteiger partial charge in [0.15, 0.2) is 0 Å². The highest BCUT2D eigenvalue weighted by Crippen LogP contribution is 2.38. The van der Waals surface area contributed by atoms with Gasteiger partial charge in [-0.3, -0.25) is 4.90 Å². The van der Waals surface area contributed by atoms with Gasteiger partial charge in [-0.05, 0) is 77.3 Å². The summed E-state index contributed by atoms with van der Waals surface area (Å²) < 4.78 is 12.5. The van der Waals surface area contributed by atoms with Gasteiger partial charge in [-0.1, -0.05) is 30.3 Å². The second kappa shape index (κ2) is 7.85. The molecule has 1 N–H and O–H groups in total. The van der Waals surface area contributed by atoms with E-state index in [2.05, 4.69) is 68.3 Å². The van der Waals surface area contributed by atoms with Crippen molar-refractivity contribution in [2.24, 2.45) is 0 Å². The Morgan fingerprint density at radius 3 is 2.42 bits per heavy atom. The zero-order chi connectivity index (χ0) is 18.8. The number of hydrogen-bond acceptors (Lipinski definition) is 4. The van der Waals surface area contributed by atoms with Gasteiger partial charge in [0.25, 0.3) is 0 Å². The lowest BCUT2D eigenvalue weighted by Crippen LogP contribution is -2.41. The zero-order valence-electron chi connectivity index (χ0n) is 17.0. The smallest absolute Gasteiger partial charge is 0.400 e. The third-order valence-electron chi connectivity index (χ3n) is 5.84. The highest BCUT2D eigenvalue weighted by molar-refractivity contribution is 6.55. The Labute approximate surface area is 159 Å². The average Bonchev–Trinajstić information content (AvgIpc) is 3.13. The maximum absolute atomic E-state index is 6.25. The van der Waals surface area contributed by atoms with E-state index in [0.29, 0.717) is 0 Å². The molecule has 1 aromatic rings. The summed E-state index contributed by atoms with van der Waals surface area (Å²) >= 11 is 0. The third-order valence-corrected chi connectivity index (χ3v) is 5.84. The predicted molar refractivity (Wildman–Crippen MR) is 109 cm³/mol. The molecule has 2 heterocycles. The number of likely N-dealkylation sites (tertiary alicyclic amines) is 1. The number of benzene rings is 1. The van der Waals surface area contributed by atoms with Crippen LogP contribution in [0, 0.1) is 0 Å². The van der Waals surface area contributed by atoms with Crippen molar-refractivity contribution in [3.8, 4) is 0 Å². The van der Waals surface area contributed by atoms with Crippen molar-refractivity contribution in [3.63, 3.8) is 0 Å². The number of rotatable bonds is 6. The Kier molecular flexibility index (Phi) is 5.92. The van der Waals surface area contributed by atoms with Crippen LogP contribution in [0.3, 0.4) is 0 Å². The van der Waals surface area contributed by atoms with E-state index in [0.717, 1.165) is 18.6 Å². The lowest BCUT2D eigenvalue weighted by molar-refractivity contribution is 0.00578. The third kappa shape index (κ3) is 4.40. The molecule has 5 heteroatoms. The summed E-state index contributed by atoms with van der Waals surface area (Å²) in [6.07, 6.45) is 4.87. The normalized spacial score (nSPS) is 23.0. The highest BCUT2D eigenvalue weighted by Gasteiger charge is 2.52. The van der Waals surface area contributed by atoms with Crippen LogP contribution in [0.4, 0.5) is 0 Å². The van der Waals surface area contributed by atoms with Crippen molar-refractivity contribution >= 4 is 13.2 Å². The maximum atomic E-state index is 6.25. The van der Waals surface area contributed by atoms with E-state index in [4.69, 9.17) is 9.31 Å². The minimum atomic E-state index is -0.317. The molecule has 0 saturated carbocycles.